The first kappa shape index (κ1) is 10.5. The van der Waals surface area contributed by atoms with Crippen molar-refractivity contribution in [2.45, 2.75) is 13.3 Å². The summed E-state index contributed by atoms with van der Waals surface area (Å²) in [5, 5.41) is 4.27. The van der Waals surface area contributed by atoms with E-state index in [4.69, 9.17) is 0 Å². The third kappa shape index (κ3) is 3.65. The molecule has 3 heteroatoms. The maximum Gasteiger partial charge on any atom is 0 e. The van der Waals surface area contributed by atoms with Crippen LogP contribution in [0.5, 0.6) is 0 Å². The molecule has 0 bridgehead atoms. The molecule has 10 heavy (non-hydrogen) atoms. The minimum atomic E-state index is 0. The van der Waals surface area contributed by atoms with E-state index >= 15 is 0 Å². The van der Waals surface area contributed by atoms with Gasteiger partial charge in [-0.25, -0.2) is 0 Å². The molecule has 0 atom stereocenters. The summed E-state index contributed by atoms with van der Waals surface area (Å²) in [6.45, 7) is 7.98. The van der Waals surface area contributed by atoms with Gasteiger partial charge in [0.1, 0.15) is 0 Å². The molecule has 1 heterocycles. The third-order valence-electron chi connectivity index (χ3n) is 1.69. The van der Waals surface area contributed by atoms with Crippen molar-refractivity contribution in [1.29, 1.82) is 0 Å². The van der Waals surface area contributed by atoms with Gasteiger partial charge in [-0.3, -0.25) is 0 Å². The minimum absolute atomic E-state index is 0. The Kier molecular flexibility index (Phi) is 6.61. The second kappa shape index (κ2) is 6.27. The predicted molar refractivity (Wildman–Crippen MR) is 39.8 cm³/mol. The smallest absolute Gasteiger partial charge is 0 e. The van der Waals surface area contributed by atoms with Gasteiger partial charge in [-0.15, -0.1) is 13.1 Å². The Morgan fingerprint density at radius 2 is 1.90 bits per heavy atom. The molecule has 1 aliphatic heterocycles. The zero-order valence-corrected chi connectivity index (χ0v) is 8.11. The van der Waals surface area contributed by atoms with Gasteiger partial charge in [0, 0.05) is 19.5 Å². The van der Waals surface area contributed by atoms with Gasteiger partial charge >= 0.3 is 0 Å². The van der Waals surface area contributed by atoms with Crippen molar-refractivity contribution in [2.24, 2.45) is 0 Å². The van der Waals surface area contributed by atoms with Crippen LogP contribution in [0.15, 0.2) is 0 Å². The Balaban J connectivity index is 0.000000810. The fourth-order valence-electron chi connectivity index (χ4n) is 1.19. The van der Waals surface area contributed by atoms with Crippen molar-refractivity contribution in [3.63, 3.8) is 0 Å². The monoisotopic (exact) mass is 230 g/mol. The molecule has 0 aromatic heterocycles. The van der Waals surface area contributed by atoms with Gasteiger partial charge in [-0.05, 0) is 26.1 Å². The Morgan fingerprint density at radius 3 is 2.40 bits per heavy atom. The molecule has 0 amide bonds. The van der Waals surface area contributed by atoms with Gasteiger partial charge in [0.15, 0.2) is 0 Å². The average Bonchev–Trinajstić information content (AvgIpc) is 1.91. The van der Waals surface area contributed by atoms with E-state index in [1.54, 1.807) is 0 Å². The molecule has 1 rings (SSSR count). The summed E-state index contributed by atoms with van der Waals surface area (Å²) in [6, 6.07) is 0. The first-order chi connectivity index (χ1) is 4.43. The summed E-state index contributed by atoms with van der Waals surface area (Å²) < 4.78 is 0. The molecular weight excluding hydrogens is 215 g/mol. The number of nitrogens with zero attached hydrogens (tertiary/aromatic N) is 2. The van der Waals surface area contributed by atoms with E-state index in [-0.39, 0.29) is 19.5 Å². The van der Waals surface area contributed by atoms with Crippen molar-refractivity contribution in [3.8, 4) is 0 Å². The zero-order chi connectivity index (χ0) is 6.53. The Hall–Kier alpha value is 0.543. The van der Waals surface area contributed by atoms with Crippen molar-refractivity contribution in [3.05, 3.63) is 5.32 Å². The van der Waals surface area contributed by atoms with E-state index in [0.717, 1.165) is 13.1 Å². The van der Waals surface area contributed by atoms with Gasteiger partial charge in [0.2, 0.25) is 0 Å². The summed E-state index contributed by atoms with van der Waals surface area (Å²) in [5.41, 5.74) is 0. The van der Waals surface area contributed by atoms with Gasteiger partial charge in [0.25, 0.3) is 0 Å². The van der Waals surface area contributed by atoms with Crippen molar-refractivity contribution < 1.29 is 19.5 Å². The predicted octanol–water partition coefficient (Wildman–Crippen LogP) is 1.08. The van der Waals surface area contributed by atoms with E-state index in [2.05, 4.69) is 17.1 Å². The number of hydrogen-bond acceptors (Lipinski definition) is 1. The van der Waals surface area contributed by atoms with E-state index < -0.39 is 0 Å². The quantitative estimate of drug-likeness (QED) is 0.649. The standard InChI is InChI=1S/C7H15N2.Rh/c1-2-5-9-6-3-8-4-7-9;/h2-7H2,1H3;/q-1;. The molecule has 2 nitrogen and oxygen atoms in total. The van der Waals surface area contributed by atoms with Gasteiger partial charge in [0.05, 0.1) is 0 Å². The summed E-state index contributed by atoms with van der Waals surface area (Å²) in [6.07, 6.45) is 1.28. The molecule has 0 N–H and O–H groups in total. The van der Waals surface area contributed by atoms with Crippen LogP contribution in [0.2, 0.25) is 0 Å². The third-order valence-corrected chi connectivity index (χ3v) is 1.69. The molecule has 1 radical (unpaired) electrons. The number of hydrogen-bond donors (Lipinski definition) is 0. The summed E-state index contributed by atoms with van der Waals surface area (Å²) in [7, 11) is 0. The maximum absolute atomic E-state index is 4.27. The fraction of sp³-hybridized carbons (Fsp3) is 1.00. The van der Waals surface area contributed by atoms with Crippen LogP contribution in [0.25, 0.3) is 5.32 Å². The molecular formula is C7H15N2Rh-. The molecule has 1 saturated heterocycles. The van der Waals surface area contributed by atoms with Crippen LogP contribution in [0.3, 0.4) is 0 Å². The summed E-state index contributed by atoms with van der Waals surface area (Å²) in [4.78, 5) is 2.48. The zero-order valence-electron chi connectivity index (χ0n) is 6.47. The van der Waals surface area contributed by atoms with E-state index in [0.29, 0.717) is 0 Å². The van der Waals surface area contributed by atoms with Crippen molar-refractivity contribution in [1.82, 2.24) is 4.90 Å². The van der Waals surface area contributed by atoms with Crippen molar-refractivity contribution >= 4 is 0 Å². The van der Waals surface area contributed by atoms with Crippen LogP contribution >= 0.6 is 0 Å². The van der Waals surface area contributed by atoms with Gasteiger partial charge in [-0.2, -0.15) is 0 Å². The topological polar surface area (TPSA) is 17.3 Å². The second-order valence-electron chi connectivity index (χ2n) is 2.51. The molecule has 0 unspecified atom stereocenters. The first-order valence-electron chi connectivity index (χ1n) is 3.79. The van der Waals surface area contributed by atoms with E-state index in [1.165, 1.54) is 26.1 Å². The number of piperazine rings is 1. The second-order valence-corrected chi connectivity index (χ2v) is 2.51. The van der Waals surface area contributed by atoms with Crippen LogP contribution in [0.4, 0.5) is 0 Å². The van der Waals surface area contributed by atoms with Crippen LogP contribution in [-0.2, 0) is 19.5 Å². The SMILES string of the molecule is CCCN1CC[N-]CC1.[Rh]. The Labute approximate surface area is 76.1 Å². The molecule has 1 aliphatic rings. The van der Waals surface area contributed by atoms with Crippen LogP contribution < -0.4 is 0 Å². The van der Waals surface area contributed by atoms with Gasteiger partial charge < -0.3 is 10.2 Å². The Morgan fingerprint density at radius 1 is 1.30 bits per heavy atom. The largest absolute Gasteiger partial charge is 0.660 e. The molecule has 63 valence electrons. The average molecular weight is 230 g/mol. The van der Waals surface area contributed by atoms with Crippen LogP contribution in [0, 0.1) is 0 Å². The maximum atomic E-state index is 4.27. The van der Waals surface area contributed by atoms with Crippen LogP contribution in [0.1, 0.15) is 13.3 Å². The molecule has 0 spiro atoms. The number of rotatable bonds is 2. The Bertz CT molecular complexity index is 69.3. The molecule has 1 fully saturated rings. The van der Waals surface area contributed by atoms with E-state index in [1.807, 2.05) is 0 Å². The first-order valence-corrected chi connectivity index (χ1v) is 3.79. The van der Waals surface area contributed by atoms with Crippen LogP contribution in [-0.4, -0.2) is 37.6 Å². The summed E-state index contributed by atoms with van der Waals surface area (Å²) >= 11 is 0. The molecule has 0 aromatic rings. The minimum Gasteiger partial charge on any atom is -0.660 e. The normalized spacial score (nSPS) is 20.1. The van der Waals surface area contributed by atoms with Crippen molar-refractivity contribution in [2.75, 3.05) is 32.7 Å². The molecule has 0 saturated carbocycles. The molecule has 0 aliphatic carbocycles. The summed E-state index contributed by atoms with van der Waals surface area (Å²) in [5.74, 6) is 0. The van der Waals surface area contributed by atoms with Gasteiger partial charge in [-0.1, -0.05) is 6.92 Å². The van der Waals surface area contributed by atoms with E-state index in [9.17, 15) is 0 Å². The molecule has 0 aromatic carbocycles. The fourth-order valence-corrected chi connectivity index (χ4v) is 1.19.